The van der Waals surface area contributed by atoms with Gasteiger partial charge in [-0.25, -0.2) is 4.39 Å². The molecule has 0 fully saturated rings. The van der Waals surface area contributed by atoms with Crippen molar-refractivity contribution in [2.75, 3.05) is 7.11 Å². The lowest BCUT2D eigenvalue weighted by atomic mass is 9.92. The number of hydrogen-bond acceptors (Lipinski definition) is 2. The smallest absolute Gasteiger partial charge is 0.170 e. The Morgan fingerprint density at radius 3 is 2.45 bits per heavy atom. The minimum absolute atomic E-state index is 0.150. The van der Waals surface area contributed by atoms with Gasteiger partial charge < -0.3 is 9.84 Å². The van der Waals surface area contributed by atoms with E-state index in [0.717, 1.165) is 5.56 Å². The highest BCUT2D eigenvalue weighted by atomic mass is 19.1. The summed E-state index contributed by atoms with van der Waals surface area (Å²) in [5.41, 5.74) is 1.42. The van der Waals surface area contributed by atoms with Gasteiger partial charge in [-0.1, -0.05) is 49.4 Å². The third-order valence-electron chi connectivity index (χ3n) is 3.52. The van der Waals surface area contributed by atoms with Gasteiger partial charge in [-0.15, -0.1) is 0 Å². The summed E-state index contributed by atoms with van der Waals surface area (Å²) in [6, 6.07) is 14.7. The summed E-state index contributed by atoms with van der Waals surface area (Å²) in [5, 5.41) is 10.3. The number of methoxy groups -OCH3 is 1. The van der Waals surface area contributed by atoms with Crippen molar-refractivity contribution in [2.24, 2.45) is 0 Å². The van der Waals surface area contributed by atoms with E-state index in [0.29, 0.717) is 6.42 Å². The fourth-order valence-electron chi connectivity index (χ4n) is 2.32. The highest BCUT2D eigenvalue weighted by molar-refractivity contribution is 5.32. The van der Waals surface area contributed by atoms with Gasteiger partial charge in [-0.05, 0) is 24.0 Å². The van der Waals surface area contributed by atoms with Crippen LogP contribution in [0.3, 0.4) is 0 Å². The van der Waals surface area contributed by atoms with E-state index in [-0.39, 0.29) is 17.2 Å². The lowest BCUT2D eigenvalue weighted by Gasteiger charge is -2.18. The molecule has 0 aliphatic heterocycles. The van der Waals surface area contributed by atoms with E-state index < -0.39 is 11.9 Å². The van der Waals surface area contributed by atoms with E-state index in [1.807, 2.05) is 37.3 Å². The quantitative estimate of drug-likeness (QED) is 0.891. The second-order valence-corrected chi connectivity index (χ2v) is 4.93. The molecular formula is C17H19FO2. The second kappa shape index (κ2) is 6.53. The van der Waals surface area contributed by atoms with Gasteiger partial charge >= 0.3 is 0 Å². The molecule has 0 bridgehead atoms. The largest absolute Gasteiger partial charge is 0.494 e. The van der Waals surface area contributed by atoms with Crippen LogP contribution in [-0.4, -0.2) is 12.2 Å². The maximum absolute atomic E-state index is 14.1. The Balaban J connectivity index is 2.14. The zero-order valence-electron chi connectivity index (χ0n) is 11.7. The molecule has 2 atom stereocenters. The average Bonchev–Trinajstić information content (AvgIpc) is 2.48. The Morgan fingerprint density at radius 1 is 1.10 bits per heavy atom. The standard InChI is InChI=1S/C17H19FO2/c1-12(13-7-4-3-5-8-13)11-15(19)14-9-6-10-16(20-2)17(14)18/h3-10,12,15,19H,11H2,1-2H3. The van der Waals surface area contributed by atoms with Gasteiger partial charge in [0.05, 0.1) is 13.2 Å². The minimum atomic E-state index is -0.847. The summed E-state index contributed by atoms with van der Waals surface area (Å²) >= 11 is 0. The SMILES string of the molecule is COc1cccc(C(O)CC(C)c2ccccc2)c1F. The Bertz CT molecular complexity index is 554. The molecule has 20 heavy (non-hydrogen) atoms. The molecule has 0 aliphatic rings. The Labute approximate surface area is 118 Å². The summed E-state index contributed by atoms with van der Waals surface area (Å²) in [4.78, 5) is 0. The van der Waals surface area contributed by atoms with Crippen LogP contribution in [0.1, 0.15) is 36.5 Å². The molecule has 2 nitrogen and oxygen atoms in total. The van der Waals surface area contributed by atoms with Crippen molar-refractivity contribution in [3.63, 3.8) is 0 Å². The van der Waals surface area contributed by atoms with Crippen LogP contribution in [0, 0.1) is 5.82 Å². The highest BCUT2D eigenvalue weighted by Gasteiger charge is 2.19. The molecule has 2 unspecified atom stereocenters. The van der Waals surface area contributed by atoms with Crippen LogP contribution in [0.5, 0.6) is 5.75 Å². The second-order valence-electron chi connectivity index (χ2n) is 4.93. The number of hydrogen-bond donors (Lipinski definition) is 1. The molecule has 0 aliphatic carbocycles. The number of halogens is 1. The maximum Gasteiger partial charge on any atom is 0.170 e. The van der Waals surface area contributed by atoms with Gasteiger partial charge in [0.25, 0.3) is 0 Å². The van der Waals surface area contributed by atoms with E-state index in [4.69, 9.17) is 4.74 Å². The van der Waals surface area contributed by atoms with Crippen molar-refractivity contribution in [1.82, 2.24) is 0 Å². The number of aliphatic hydroxyl groups excluding tert-OH is 1. The van der Waals surface area contributed by atoms with Gasteiger partial charge in [-0.3, -0.25) is 0 Å². The van der Waals surface area contributed by atoms with Gasteiger partial charge in [0.2, 0.25) is 0 Å². The average molecular weight is 274 g/mol. The lowest BCUT2D eigenvalue weighted by molar-refractivity contribution is 0.154. The molecule has 0 amide bonds. The van der Waals surface area contributed by atoms with Crippen molar-refractivity contribution in [3.05, 3.63) is 65.5 Å². The van der Waals surface area contributed by atoms with Gasteiger partial charge in [0, 0.05) is 5.56 Å². The molecule has 3 heteroatoms. The maximum atomic E-state index is 14.1. The van der Waals surface area contributed by atoms with Crippen molar-refractivity contribution < 1.29 is 14.2 Å². The zero-order valence-corrected chi connectivity index (χ0v) is 11.7. The van der Waals surface area contributed by atoms with Crippen LogP contribution in [0.15, 0.2) is 48.5 Å². The van der Waals surface area contributed by atoms with Crippen LogP contribution in [0.4, 0.5) is 4.39 Å². The first-order valence-corrected chi connectivity index (χ1v) is 6.69. The zero-order chi connectivity index (χ0) is 14.5. The molecule has 106 valence electrons. The third kappa shape index (κ3) is 3.17. The monoisotopic (exact) mass is 274 g/mol. The molecule has 0 heterocycles. The topological polar surface area (TPSA) is 29.5 Å². The predicted octanol–water partition coefficient (Wildman–Crippen LogP) is 4.06. The third-order valence-corrected chi connectivity index (χ3v) is 3.52. The van der Waals surface area contributed by atoms with Crippen molar-refractivity contribution >= 4 is 0 Å². The van der Waals surface area contributed by atoms with Crippen LogP contribution in [-0.2, 0) is 0 Å². The Hall–Kier alpha value is -1.87. The molecule has 0 saturated carbocycles. The van der Waals surface area contributed by atoms with Crippen molar-refractivity contribution in [2.45, 2.75) is 25.4 Å². The molecule has 2 rings (SSSR count). The highest BCUT2D eigenvalue weighted by Crippen LogP contribution is 2.31. The first-order chi connectivity index (χ1) is 9.63. The number of ether oxygens (including phenoxy) is 1. The van der Waals surface area contributed by atoms with E-state index in [1.54, 1.807) is 18.2 Å². The Morgan fingerprint density at radius 2 is 1.80 bits per heavy atom. The van der Waals surface area contributed by atoms with Crippen LogP contribution in [0.2, 0.25) is 0 Å². The lowest BCUT2D eigenvalue weighted by Crippen LogP contribution is -2.06. The fourth-order valence-corrected chi connectivity index (χ4v) is 2.32. The van der Waals surface area contributed by atoms with E-state index in [2.05, 4.69) is 0 Å². The molecule has 2 aromatic carbocycles. The first kappa shape index (κ1) is 14.5. The molecule has 0 spiro atoms. The van der Waals surface area contributed by atoms with E-state index >= 15 is 0 Å². The number of benzene rings is 2. The predicted molar refractivity (Wildman–Crippen MR) is 77.4 cm³/mol. The normalized spacial score (nSPS) is 13.8. The number of aliphatic hydroxyl groups is 1. The molecule has 0 aromatic heterocycles. The summed E-state index contributed by atoms with van der Waals surface area (Å²) < 4.78 is 19.0. The van der Waals surface area contributed by atoms with Crippen LogP contribution in [0.25, 0.3) is 0 Å². The molecule has 0 saturated heterocycles. The van der Waals surface area contributed by atoms with Gasteiger partial charge in [0.1, 0.15) is 0 Å². The summed E-state index contributed by atoms with van der Waals surface area (Å²) in [5.74, 6) is -0.173. The molecule has 1 N–H and O–H groups in total. The summed E-state index contributed by atoms with van der Waals surface area (Å²) in [6.07, 6.45) is -0.381. The van der Waals surface area contributed by atoms with Crippen molar-refractivity contribution in [1.29, 1.82) is 0 Å². The minimum Gasteiger partial charge on any atom is -0.494 e. The first-order valence-electron chi connectivity index (χ1n) is 6.69. The van der Waals surface area contributed by atoms with Gasteiger partial charge in [0.15, 0.2) is 11.6 Å². The van der Waals surface area contributed by atoms with Crippen molar-refractivity contribution in [3.8, 4) is 5.75 Å². The fraction of sp³-hybridized carbons (Fsp3) is 0.294. The summed E-state index contributed by atoms with van der Waals surface area (Å²) in [6.45, 7) is 2.02. The molecular weight excluding hydrogens is 255 g/mol. The van der Waals surface area contributed by atoms with Crippen LogP contribution < -0.4 is 4.74 Å². The van der Waals surface area contributed by atoms with Crippen LogP contribution >= 0.6 is 0 Å². The Kier molecular flexibility index (Phi) is 4.74. The molecule has 0 radical (unpaired) electrons. The number of rotatable bonds is 5. The van der Waals surface area contributed by atoms with Gasteiger partial charge in [-0.2, -0.15) is 0 Å². The van der Waals surface area contributed by atoms with E-state index in [1.165, 1.54) is 7.11 Å². The van der Waals surface area contributed by atoms with E-state index in [9.17, 15) is 9.50 Å². The summed E-state index contributed by atoms with van der Waals surface area (Å²) in [7, 11) is 1.42. The molecule has 2 aromatic rings.